The molecule has 2 N–H and O–H groups in total. The van der Waals surface area contributed by atoms with Gasteiger partial charge in [0, 0.05) is 35.1 Å². The zero-order valence-electron chi connectivity index (χ0n) is 21.6. The van der Waals surface area contributed by atoms with Crippen molar-refractivity contribution in [3.8, 4) is 0 Å². The third-order valence-corrected chi connectivity index (χ3v) is 9.02. The van der Waals surface area contributed by atoms with Crippen molar-refractivity contribution < 1.29 is 23.5 Å². The Kier molecular flexibility index (Phi) is 9.20. The van der Waals surface area contributed by atoms with Crippen LogP contribution in [0.3, 0.4) is 0 Å². The van der Waals surface area contributed by atoms with Gasteiger partial charge in [0.25, 0.3) is 0 Å². The van der Waals surface area contributed by atoms with E-state index in [1.807, 2.05) is 37.3 Å². The van der Waals surface area contributed by atoms with Gasteiger partial charge in [0.1, 0.15) is 0 Å². The Bertz CT molecular complexity index is 1190. The Morgan fingerprint density at radius 1 is 1.16 bits per heavy atom. The molecule has 10 heteroatoms. The van der Waals surface area contributed by atoms with Gasteiger partial charge in [-0.3, -0.25) is 14.1 Å². The molecule has 1 aliphatic heterocycles. The first-order valence-corrected chi connectivity index (χ1v) is 14.8. The van der Waals surface area contributed by atoms with Crippen LogP contribution in [0.1, 0.15) is 69.0 Å². The molecule has 1 heterocycles. The minimum absolute atomic E-state index is 0.206. The Morgan fingerprint density at radius 2 is 1.84 bits per heavy atom. The average Bonchev–Trinajstić information content (AvgIpc) is 3.68. The van der Waals surface area contributed by atoms with Crippen LogP contribution in [0.25, 0.3) is 0 Å². The van der Waals surface area contributed by atoms with Gasteiger partial charge in [-0.2, -0.15) is 4.31 Å². The summed E-state index contributed by atoms with van der Waals surface area (Å²) in [7, 11) is 0. The van der Waals surface area contributed by atoms with Gasteiger partial charge in [-0.15, -0.1) is 0 Å². The Labute approximate surface area is 236 Å². The fourth-order valence-corrected chi connectivity index (χ4v) is 6.68. The normalized spacial score (nSPS) is 25.4. The minimum Gasteiger partial charge on any atom is -0.481 e. The summed E-state index contributed by atoms with van der Waals surface area (Å²) in [6, 6.07) is 13.9. The highest BCUT2D eigenvalue weighted by Crippen LogP contribution is 2.52. The van der Waals surface area contributed by atoms with E-state index in [4.69, 9.17) is 23.2 Å². The predicted molar refractivity (Wildman–Crippen MR) is 149 cm³/mol. The highest BCUT2D eigenvalue weighted by molar-refractivity contribution is 7.76. The molecule has 5 atom stereocenters. The molecule has 7 nitrogen and oxygen atoms in total. The molecule has 0 spiro atoms. The molecule has 38 heavy (non-hydrogen) atoms. The largest absolute Gasteiger partial charge is 0.481 e. The summed E-state index contributed by atoms with van der Waals surface area (Å²) in [5.74, 6) is -1.19. The van der Waals surface area contributed by atoms with Gasteiger partial charge in [-0.1, -0.05) is 61.3 Å². The molecule has 1 amide bonds. The van der Waals surface area contributed by atoms with Crippen molar-refractivity contribution in [1.82, 2.24) is 9.21 Å². The maximum Gasteiger partial charge on any atom is 0.304 e. The summed E-state index contributed by atoms with van der Waals surface area (Å²) >= 11 is 10.4. The molecule has 2 fully saturated rings. The molecule has 0 aromatic heterocycles. The van der Waals surface area contributed by atoms with Crippen LogP contribution in [0, 0.1) is 11.3 Å². The molecule has 0 bridgehead atoms. The standard InChI is InChI=1S/C28H34Cl2N2O5S/c1-3-23(17-31(38(36)37)16-18-7-8-18)32-26(19-9-11-21(29)12-10-19)24(20-5-4-6-22(30)13-20)14-28(2,27(32)35)15-25(33)34/h4-6,9-13,18,23-24,26H,3,7-8,14-17H2,1-2H3,(H,33,34)(H,36,37)/t23-,24+,26+,28-/m0/s1. The topological polar surface area (TPSA) is 98.2 Å². The molecule has 1 aliphatic carbocycles. The lowest BCUT2D eigenvalue weighted by atomic mass is 9.67. The predicted octanol–water partition coefficient (Wildman–Crippen LogP) is 6.16. The second-order valence-corrected chi connectivity index (χ2v) is 12.6. The number of carboxylic acid groups (broad SMARTS) is 1. The third kappa shape index (κ3) is 6.59. The van der Waals surface area contributed by atoms with Gasteiger partial charge in [0.2, 0.25) is 17.2 Å². The number of hydrogen-bond acceptors (Lipinski definition) is 3. The summed E-state index contributed by atoms with van der Waals surface area (Å²) < 4.78 is 23.9. The maximum atomic E-state index is 14.3. The van der Waals surface area contributed by atoms with Crippen LogP contribution < -0.4 is 0 Å². The van der Waals surface area contributed by atoms with Gasteiger partial charge < -0.3 is 10.0 Å². The van der Waals surface area contributed by atoms with E-state index in [0.29, 0.717) is 35.3 Å². The maximum absolute atomic E-state index is 14.3. The van der Waals surface area contributed by atoms with E-state index in [1.165, 1.54) is 4.31 Å². The first-order chi connectivity index (χ1) is 18.0. The van der Waals surface area contributed by atoms with Crippen molar-refractivity contribution in [2.75, 3.05) is 13.1 Å². The van der Waals surface area contributed by atoms with Crippen molar-refractivity contribution in [2.45, 2.75) is 64.0 Å². The summed E-state index contributed by atoms with van der Waals surface area (Å²) in [5.41, 5.74) is 0.596. The monoisotopic (exact) mass is 580 g/mol. The molecular weight excluding hydrogens is 547 g/mol. The van der Waals surface area contributed by atoms with Gasteiger partial charge in [0.05, 0.1) is 17.9 Å². The Morgan fingerprint density at radius 3 is 2.39 bits per heavy atom. The Hall–Kier alpha value is -1.97. The van der Waals surface area contributed by atoms with E-state index in [9.17, 15) is 23.5 Å². The number of carbonyl (C=O) groups excluding carboxylic acids is 1. The number of likely N-dealkylation sites (tertiary alicyclic amines) is 1. The Balaban J connectivity index is 1.85. The fourth-order valence-electron chi connectivity index (χ4n) is 5.72. The number of amides is 1. The number of benzene rings is 2. The quantitative estimate of drug-likeness (QED) is 0.310. The first-order valence-electron chi connectivity index (χ1n) is 12.9. The highest BCUT2D eigenvalue weighted by Gasteiger charge is 2.52. The van der Waals surface area contributed by atoms with Gasteiger partial charge >= 0.3 is 5.97 Å². The van der Waals surface area contributed by atoms with Crippen molar-refractivity contribution in [2.24, 2.45) is 11.3 Å². The van der Waals surface area contributed by atoms with Crippen LogP contribution in [0.4, 0.5) is 0 Å². The summed E-state index contributed by atoms with van der Waals surface area (Å²) in [5, 5.41) is 10.9. The number of rotatable bonds is 11. The number of piperidine rings is 1. The average molecular weight is 582 g/mol. The van der Waals surface area contributed by atoms with E-state index in [0.717, 1.165) is 24.0 Å². The molecule has 1 saturated carbocycles. The lowest BCUT2D eigenvalue weighted by Gasteiger charge is -2.52. The van der Waals surface area contributed by atoms with Gasteiger partial charge in [-0.25, -0.2) is 4.21 Å². The summed E-state index contributed by atoms with van der Waals surface area (Å²) in [4.78, 5) is 28.1. The molecule has 2 aromatic carbocycles. The molecule has 0 radical (unpaired) electrons. The lowest BCUT2D eigenvalue weighted by molar-refractivity contribution is -0.160. The molecule has 1 saturated heterocycles. The number of carboxylic acids is 1. The number of nitrogens with zero attached hydrogens (tertiary/aromatic N) is 2. The zero-order valence-corrected chi connectivity index (χ0v) is 23.9. The SMILES string of the molecule is CC[C@@H](CN(CC1CC1)S(=O)O)N1C(=O)[C@](C)(CC(=O)O)C[C@H](c2cccc(Cl)c2)[C@H]1c1ccc(Cl)cc1. The van der Waals surface area contributed by atoms with Crippen LogP contribution in [-0.2, 0) is 20.9 Å². The fraction of sp³-hybridized carbons (Fsp3) is 0.500. The smallest absolute Gasteiger partial charge is 0.304 e. The molecule has 1 unspecified atom stereocenters. The summed E-state index contributed by atoms with van der Waals surface area (Å²) in [6.45, 7) is 4.35. The number of hydrogen-bond donors (Lipinski definition) is 2. The highest BCUT2D eigenvalue weighted by atomic mass is 35.5. The van der Waals surface area contributed by atoms with E-state index < -0.39 is 34.7 Å². The van der Waals surface area contributed by atoms with Gasteiger partial charge in [-0.05, 0) is 67.0 Å². The minimum atomic E-state index is -2.19. The van der Waals surface area contributed by atoms with Crippen molar-refractivity contribution in [3.63, 3.8) is 0 Å². The van der Waals surface area contributed by atoms with Crippen molar-refractivity contribution >= 4 is 46.3 Å². The number of halogens is 2. The van der Waals surface area contributed by atoms with Crippen molar-refractivity contribution in [1.29, 1.82) is 0 Å². The van der Waals surface area contributed by atoms with E-state index in [1.54, 1.807) is 30.0 Å². The molecule has 4 rings (SSSR count). The summed E-state index contributed by atoms with van der Waals surface area (Å²) in [6.07, 6.45) is 2.57. The van der Waals surface area contributed by atoms with Gasteiger partial charge in [0.15, 0.2) is 0 Å². The van der Waals surface area contributed by atoms with E-state index in [-0.39, 0.29) is 24.8 Å². The number of aliphatic carboxylic acids is 1. The van der Waals surface area contributed by atoms with Crippen LogP contribution >= 0.6 is 23.2 Å². The van der Waals surface area contributed by atoms with Crippen LogP contribution in [0.5, 0.6) is 0 Å². The van der Waals surface area contributed by atoms with Crippen LogP contribution in [0.2, 0.25) is 10.0 Å². The van der Waals surface area contributed by atoms with E-state index in [2.05, 4.69) is 0 Å². The molecular formula is C28H34Cl2N2O5S. The van der Waals surface area contributed by atoms with Crippen molar-refractivity contribution in [3.05, 3.63) is 69.7 Å². The second-order valence-electron chi connectivity index (χ2n) is 10.8. The lowest BCUT2D eigenvalue weighted by Crippen LogP contribution is -2.58. The zero-order chi connectivity index (χ0) is 27.6. The molecule has 2 aliphatic rings. The van der Waals surface area contributed by atoms with Crippen LogP contribution in [0.15, 0.2) is 48.5 Å². The molecule has 206 valence electrons. The van der Waals surface area contributed by atoms with Crippen LogP contribution in [-0.4, -0.2) is 54.1 Å². The second kappa shape index (κ2) is 12.0. The molecule has 2 aromatic rings. The third-order valence-electron chi connectivity index (χ3n) is 7.79. The van der Waals surface area contributed by atoms with E-state index >= 15 is 0 Å². The number of carbonyl (C=O) groups is 2. The first kappa shape index (κ1) is 29.0.